The number of hydrazone groups is 1. The van der Waals surface area contributed by atoms with E-state index in [1.54, 1.807) is 43.3 Å². The standard InChI is InChI=1S/C17H16BrN3O4/c1-2-25-15-9-11(7-8-14(15)22)10-19-21-17(24)16(23)20-13-6-4-3-5-12(13)18/h3-10,22H,2H2,1H3,(H,20,23)(H,21,24)/b19-10+. The summed E-state index contributed by atoms with van der Waals surface area (Å²) in [6.45, 7) is 2.20. The van der Waals surface area contributed by atoms with Crippen molar-refractivity contribution in [1.29, 1.82) is 0 Å². The van der Waals surface area contributed by atoms with Crippen LogP contribution in [0, 0.1) is 0 Å². The molecule has 0 atom stereocenters. The third kappa shape index (κ3) is 5.32. The molecular weight excluding hydrogens is 390 g/mol. The number of carbonyl (C=O) groups is 2. The fraction of sp³-hybridized carbons (Fsp3) is 0.118. The third-order valence-electron chi connectivity index (χ3n) is 2.99. The van der Waals surface area contributed by atoms with Crippen LogP contribution >= 0.6 is 15.9 Å². The molecular formula is C17H16BrN3O4. The Bertz CT molecular complexity index is 808. The van der Waals surface area contributed by atoms with Crippen LogP contribution in [-0.4, -0.2) is 29.7 Å². The number of hydrogen-bond donors (Lipinski definition) is 3. The maximum atomic E-state index is 11.8. The lowest BCUT2D eigenvalue weighted by Crippen LogP contribution is -2.32. The highest BCUT2D eigenvalue weighted by atomic mass is 79.9. The number of benzene rings is 2. The number of phenols is 1. The van der Waals surface area contributed by atoms with Crippen LogP contribution in [0.25, 0.3) is 0 Å². The third-order valence-corrected chi connectivity index (χ3v) is 3.68. The van der Waals surface area contributed by atoms with Crippen molar-refractivity contribution in [1.82, 2.24) is 5.43 Å². The quantitative estimate of drug-likeness (QED) is 0.404. The van der Waals surface area contributed by atoms with Gasteiger partial charge < -0.3 is 15.2 Å². The summed E-state index contributed by atoms with van der Waals surface area (Å²) in [5, 5.41) is 15.8. The molecule has 0 aliphatic heterocycles. The zero-order valence-electron chi connectivity index (χ0n) is 13.3. The summed E-state index contributed by atoms with van der Waals surface area (Å²) < 4.78 is 5.91. The topological polar surface area (TPSA) is 100 Å². The smallest absolute Gasteiger partial charge is 0.329 e. The fourth-order valence-corrected chi connectivity index (χ4v) is 2.22. The number of anilines is 1. The summed E-state index contributed by atoms with van der Waals surface area (Å²) in [7, 11) is 0. The molecule has 0 unspecified atom stereocenters. The van der Waals surface area contributed by atoms with Crippen molar-refractivity contribution in [2.45, 2.75) is 6.92 Å². The minimum Gasteiger partial charge on any atom is -0.504 e. The number of halogens is 1. The molecule has 0 aliphatic carbocycles. The van der Waals surface area contributed by atoms with Crippen LogP contribution < -0.4 is 15.5 Å². The molecule has 0 radical (unpaired) electrons. The minimum atomic E-state index is -0.907. The number of ether oxygens (including phenoxy) is 1. The molecule has 2 aromatic carbocycles. The average molecular weight is 406 g/mol. The van der Waals surface area contributed by atoms with Crippen LogP contribution in [0.5, 0.6) is 11.5 Å². The number of para-hydroxylation sites is 1. The largest absolute Gasteiger partial charge is 0.504 e. The zero-order chi connectivity index (χ0) is 18.2. The Morgan fingerprint density at radius 1 is 1.24 bits per heavy atom. The maximum absolute atomic E-state index is 11.8. The lowest BCUT2D eigenvalue weighted by molar-refractivity contribution is -0.136. The molecule has 25 heavy (non-hydrogen) atoms. The van der Waals surface area contributed by atoms with Gasteiger partial charge in [0.1, 0.15) is 0 Å². The van der Waals surface area contributed by atoms with E-state index in [1.165, 1.54) is 12.3 Å². The summed E-state index contributed by atoms with van der Waals surface area (Å²) in [6.07, 6.45) is 1.34. The number of amides is 2. The SMILES string of the molecule is CCOc1cc(/C=N/NC(=O)C(=O)Nc2ccccc2Br)ccc1O. The van der Waals surface area contributed by atoms with Gasteiger partial charge in [0.2, 0.25) is 0 Å². The number of nitrogens with zero attached hydrogens (tertiary/aromatic N) is 1. The predicted molar refractivity (Wildman–Crippen MR) is 97.8 cm³/mol. The molecule has 2 aromatic rings. The van der Waals surface area contributed by atoms with Gasteiger partial charge in [0.25, 0.3) is 0 Å². The Labute approximate surface area is 152 Å². The molecule has 2 rings (SSSR count). The summed E-state index contributed by atoms with van der Waals surface area (Å²) in [4.78, 5) is 23.6. The molecule has 0 saturated heterocycles. The summed E-state index contributed by atoms with van der Waals surface area (Å²) in [5.41, 5.74) is 3.21. The number of carbonyl (C=O) groups excluding carboxylic acids is 2. The van der Waals surface area contributed by atoms with E-state index in [2.05, 4.69) is 31.8 Å². The van der Waals surface area contributed by atoms with E-state index in [9.17, 15) is 14.7 Å². The molecule has 130 valence electrons. The second-order valence-corrected chi connectivity index (χ2v) is 5.65. The van der Waals surface area contributed by atoms with Gasteiger partial charge in [-0.3, -0.25) is 9.59 Å². The molecule has 8 heteroatoms. The first-order valence-electron chi connectivity index (χ1n) is 7.36. The molecule has 0 aliphatic rings. The Hall–Kier alpha value is -2.87. The van der Waals surface area contributed by atoms with Gasteiger partial charge in [-0.15, -0.1) is 0 Å². The number of aromatic hydroxyl groups is 1. The van der Waals surface area contributed by atoms with Crippen molar-refractivity contribution in [3.63, 3.8) is 0 Å². The van der Waals surface area contributed by atoms with Crippen LogP contribution in [0.4, 0.5) is 5.69 Å². The molecule has 7 nitrogen and oxygen atoms in total. The van der Waals surface area contributed by atoms with E-state index >= 15 is 0 Å². The average Bonchev–Trinajstić information content (AvgIpc) is 2.59. The highest BCUT2D eigenvalue weighted by Crippen LogP contribution is 2.26. The van der Waals surface area contributed by atoms with E-state index in [0.717, 1.165) is 0 Å². The first kappa shape index (κ1) is 18.5. The Kier molecular flexibility index (Phi) is 6.53. The van der Waals surface area contributed by atoms with Crippen LogP contribution in [0.3, 0.4) is 0 Å². The van der Waals surface area contributed by atoms with E-state index in [1.807, 2.05) is 0 Å². The van der Waals surface area contributed by atoms with Gasteiger partial charge in [0, 0.05) is 4.47 Å². The zero-order valence-corrected chi connectivity index (χ0v) is 14.9. The van der Waals surface area contributed by atoms with Gasteiger partial charge in [-0.1, -0.05) is 12.1 Å². The first-order valence-corrected chi connectivity index (χ1v) is 8.15. The number of hydrogen-bond acceptors (Lipinski definition) is 5. The minimum absolute atomic E-state index is 0.0100. The normalized spacial score (nSPS) is 10.5. The molecule has 0 saturated carbocycles. The molecule has 0 heterocycles. The highest BCUT2D eigenvalue weighted by molar-refractivity contribution is 9.10. The van der Waals surface area contributed by atoms with Crippen molar-refractivity contribution in [3.8, 4) is 11.5 Å². The monoisotopic (exact) mass is 405 g/mol. The van der Waals surface area contributed by atoms with Crippen LogP contribution in [0.2, 0.25) is 0 Å². The summed E-state index contributed by atoms with van der Waals surface area (Å²) >= 11 is 3.27. The molecule has 0 aromatic heterocycles. The second kappa shape index (κ2) is 8.84. The van der Waals surface area contributed by atoms with Gasteiger partial charge in [-0.05, 0) is 58.7 Å². The lowest BCUT2D eigenvalue weighted by atomic mass is 10.2. The van der Waals surface area contributed by atoms with Gasteiger partial charge >= 0.3 is 11.8 Å². The van der Waals surface area contributed by atoms with Gasteiger partial charge in [-0.25, -0.2) is 5.43 Å². The molecule has 0 bridgehead atoms. The molecule has 3 N–H and O–H groups in total. The van der Waals surface area contributed by atoms with Crippen molar-refractivity contribution >= 4 is 39.6 Å². The Balaban J connectivity index is 1.95. The highest BCUT2D eigenvalue weighted by Gasteiger charge is 2.14. The van der Waals surface area contributed by atoms with E-state index in [0.29, 0.717) is 28.1 Å². The van der Waals surface area contributed by atoms with Crippen LogP contribution in [0.15, 0.2) is 52.0 Å². The van der Waals surface area contributed by atoms with E-state index in [4.69, 9.17) is 4.74 Å². The maximum Gasteiger partial charge on any atom is 0.329 e. The fourth-order valence-electron chi connectivity index (χ4n) is 1.84. The van der Waals surface area contributed by atoms with Crippen LogP contribution in [-0.2, 0) is 9.59 Å². The summed E-state index contributed by atoms with van der Waals surface area (Å²) in [5.74, 6) is -1.43. The van der Waals surface area contributed by atoms with Crippen molar-refractivity contribution < 1.29 is 19.4 Å². The van der Waals surface area contributed by atoms with Crippen molar-refractivity contribution in [2.24, 2.45) is 5.10 Å². The van der Waals surface area contributed by atoms with Gasteiger partial charge in [0.15, 0.2) is 11.5 Å². The van der Waals surface area contributed by atoms with Crippen molar-refractivity contribution in [3.05, 3.63) is 52.5 Å². The predicted octanol–water partition coefficient (Wildman–Crippen LogP) is 2.64. The molecule has 0 fully saturated rings. The Morgan fingerprint density at radius 2 is 2.00 bits per heavy atom. The van der Waals surface area contributed by atoms with E-state index < -0.39 is 11.8 Å². The first-order chi connectivity index (χ1) is 12.0. The van der Waals surface area contributed by atoms with Crippen molar-refractivity contribution in [2.75, 3.05) is 11.9 Å². The molecule has 0 spiro atoms. The second-order valence-electron chi connectivity index (χ2n) is 4.79. The Morgan fingerprint density at radius 3 is 2.72 bits per heavy atom. The number of rotatable bonds is 5. The number of nitrogens with one attached hydrogen (secondary N) is 2. The number of phenolic OH excluding ortho intramolecular Hbond substituents is 1. The summed E-state index contributed by atoms with van der Waals surface area (Å²) in [6, 6.07) is 11.5. The van der Waals surface area contributed by atoms with Crippen LogP contribution in [0.1, 0.15) is 12.5 Å². The van der Waals surface area contributed by atoms with Gasteiger partial charge in [0.05, 0.1) is 18.5 Å². The van der Waals surface area contributed by atoms with E-state index in [-0.39, 0.29) is 5.75 Å². The molecule has 2 amide bonds. The van der Waals surface area contributed by atoms with Gasteiger partial charge in [-0.2, -0.15) is 5.10 Å². The lowest BCUT2D eigenvalue weighted by Gasteiger charge is -2.06.